The monoisotopic (exact) mass is 470 g/mol. The molecule has 27 heavy (non-hydrogen) atoms. The van der Waals surface area contributed by atoms with Crippen molar-refractivity contribution in [2.75, 3.05) is 5.32 Å². The number of halogens is 1. The van der Waals surface area contributed by atoms with Gasteiger partial charge in [0.2, 0.25) is 0 Å². The van der Waals surface area contributed by atoms with E-state index in [1.165, 1.54) is 0 Å². The topological polar surface area (TPSA) is 58.2 Å². The van der Waals surface area contributed by atoms with E-state index in [1.807, 2.05) is 49.4 Å². The third-order valence-electron chi connectivity index (χ3n) is 4.17. The lowest BCUT2D eigenvalue weighted by atomic mass is 10.1. The summed E-state index contributed by atoms with van der Waals surface area (Å²) in [6, 6.07) is 23.9. The zero-order chi connectivity index (χ0) is 19.2. The molecule has 2 N–H and O–H groups in total. The molecule has 3 aromatic rings. The molecule has 0 heterocycles. The number of para-hydroxylation sites is 1. The van der Waals surface area contributed by atoms with Gasteiger partial charge in [-0.1, -0.05) is 42.5 Å². The minimum absolute atomic E-state index is 0.140. The molecule has 136 valence electrons. The Hall–Kier alpha value is -2.67. The van der Waals surface area contributed by atoms with Crippen LogP contribution in [0, 0.1) is 3.57 Å². The summed E-state index contributed by atoms with van der Waals surface area (Å²) in [6.45, 7) is 1.93. The first kappa shape index (κ1) is 19.1. The Balaban J connectivity index is 1.76. The second-order valence-corrected chi connectivity index (χ2v) is 7.36. The molecule has 0 aliphatic rings. The number of rotatable bonds is 5. The van der Waals surface area contributed by atoms with Gasteiger partial charge in [-0.05, 0) is 71.5 Å². The zero-order valence-electron chi connectivity index (χ0n) is 14.8. The molecule has 5 heteroatoms. The lowest BCUT2D eigenvalue weighted by molar-refractivity contribution is 0.0941. The summed E-state index contributed by atoms with van der Waals surface area (Å²) < 4.78 is 1.05. The van der Waals surface area contributed by atoms with Gasteiger partial charge in [0.1, 0.15) is 0 Å². The molecule has 2 amide bonds. The number of carbonyl (C=O) groups excluding carboxylic acids is 2. The minimum Gasteiger partial charge on any atom is -0.345 e. The molecule has 0 spiro atoms. The number of nitrogens with one attached hydrogen (secondary N) is 2. The van der Waals surface area contributed by atoms with Gasteiger partial charge in [-0.3, -0.25) is 9.59 Å². The van der Waals surface area contributed by atoms with Crippen LogP contribution in [-0.2, 0) is 0 Å². The first-order chi connectivity index (χ1) is 13.0. The highest BCUT2D eigenvalue weighted by Crippen LogP contribution is 2.19. The van der Waals surface area contributed by atoms with Crippen LogP contribution >= 0.6 is 22.6 Å². The van der Waals surface area contributed by atoms with E-state index in [2.05, 4.69) is 33.2 Å². The Morgan fingerprint density at radius 2 is 1.44 bits per heavy atom. The molecule has 3 aromatic carbocycles. The molecule has 0 aromatic heterocycles. The molecular formula is C22H19IN2O2. The second kappa shape index (κ2) is 8.81. The van der Waals surface area contributed by atoms with E-state index in [9.17, 15) is 9.59 Å². The van der Waals surface area contributed by atoms with Crippen molar-refractivity contribution in [2.45, 2.75) is 13.0 Å². The number of anilines is 1. The van der Waals surface area contributed by atoms with Gasteiger partial charge in [-0.2, -0.15) is 0 Å². The highest BCUT2D eigenvalue weighted by molar-refractivity contribution is 14.1. The smallest absolute Gasteiger partial charge is 0.255 e. The van der Waals surface area contributed by atoms with Crippen molar-refractivity contribution in [1.29, 1.82) is 0 Å². The Morgan fingerprint density at radius 3 is 2.15 bits per heavy atom. The summed E-state index contributed by atoms with van der Waals surface area (Å²) in [7, 11) is 0. The fourth-order valence-electron chi connectivity index (χ4n) is 2.69. The van der Waals surface area contributed by atoms with E-state index in [1.54, 1.807) is 36.4 Å². The molecule has 0 unspecified atom stereocenters. The molecule has 0 radical (unpaired) electrons. The first-order valence-electron chi connectivity index (χ1n) is 8.56. The quantitative estimate of drug-likeness (QED) is 0.514. The van der Waals surface area contributed by atoms with E-state index >= 15 is 0 Å². The van der Waals surface area contributed by atoms with Crippen LogP contribution in [0.3, 0.4) is 0 Å². The molecule has 0 saturated carbocycles. The molecular weight excluding hydrogens is 451 g/mol. The number of carbonyl (C=O) groups is 2. The van der Waals surface area contributed by atoms with E-state index in [4.69, 9.17) is 0 Å². The number of hydrogen-bond acceptors (Lipinski definition) is 2. The SMILES string of the molecule is C[C@H](NC(=O)c1ccccc1NC(=O)c1ccc(I)cc1)c1ccccc1. The van der Waals surface area contributed by atoms with Crippen LogP contribution in [0.4, 0.5) is 5.69 Å². The Bertz CT molecular complexity index is 940. The second-order valence-electron chi connectivity index (χ2n) is 6.11. The zero-order valence-corrected chi connectivity index (χ0v) is 16.9. The fraction of sp³-hybridized carbons (Fsp3) is 0.0909. The third kappa shape index (κ3) is 4.95. The van der Waals surface area contributed by atoms with Gasteiger partial charge in [0.25, 0.3) is 11.8 Å². The molecule has 0 aliphatic heterocycles. The van der Waals surface area contributed by atoms with Gasteiger partial charge in [0.15, 0.2) is 0 Å². The third-order valence-corrected chi connectivity index (χ3v) is 4.89. The van der Waals surface area contributed by atoms with Gasteiger partial charge in [-0.15, -0.1) is 0 Å². The molecule has 4 nitrogen and oxygen atoms in total. The van der Waals surface area contributed by atoms with Crippen LogP contribution in [0.25, 0.3) is 0 Å². The fourth-order valence-corrected chi connectivity index (χ4v) is 3.04. The van der Waals surface area contributed by atoms with Crippen molar-refractivity contribution < 1.29 is 9.59 Å². The van der Waals surface area contributed by atoms with Gasteiger partial charge >= 0.3 is 0 Å². The van der Waals surface area contributed by atoms with Crippen LogP contribution in [-0.4, -0.2) is 11.8 Å². The minimum atomic E-state index is -0.247. The molecule has 1 atom stereocenters. The normalized spacial score (nSPS) is 11.5. The predicted octanol–water partition coefficient (Wildman–Crippen LogP) is 5.03. The highest BCUT2D eigenvalue weighted by atomic mass is 127. The lowest BCUT2D eigenvalue weighted by Gasteiger charge is -2.16. The molecule has 0 bridgehead atoms. The summed E-state index contributed by atoms with van der Waals surface area (Å²) in [5.74, 6) is -0.479. The van der Waals surface area contributed by atoms with E-state index in [0.717, 1.165) is 9.13 Å². The average molecular weight is 470 g/mol. The number of amides is 2. The summed E-state index contributed by atoms with van der Waals surface area (Å²) in [6.07, 6.45) is 0. The van der Waals surface area contributed by atoms with Crippen molar-refractivity contribution in [2.24, 2.45) is 0 Å². The predicted molar refractivity (Wildman–Crippen MR) is 116 cm³/mol. The largest absolute Gasteiger partial charge is 0.345 e. The average Bonchev–Trinajstić information content (AvgIpc) is 2.69. The van der Waals surface area contributed by atoms with Crippen molar-refractivity contribution in [3.05, 3.63) is 99.1 Å². The van der Waals surface area contributed by atoms with Crippen molar-refractivity contribution >= 4 is 40.1 Å². The van der Waals surface area contributed by atoms with Crippen LogP contribution in [0.1, 0.15) is 39.2 Å². The Kier molecular flexibility index (Phi) is 6.24. The van der Waals surface area contributed by atoms with E-state index in [0.29, 0.717) is 16.8 Å². The molecule has 0 aliphatic carbocycles. The molecule has 3 rings (SSSR count). The van der Waals surface area contributed by atoms with Crippen LogP contribution in [0.2, 0.25) is 0 Å². The Morgan fingerprint density at radius 1 is 0.815 bits per heavy atom. The number of benzene rings is 3. The van der Waals surface area contributed by atoms with Gasteiger partial charge in [0.05, 0.1) is 17.3 Å². The standard InChI is InChI=1S/C22H19IN2O2/c1-15(16-7-3-2-4-8-16)24-22(27)19-9-5-6-10-20(19)25-21(26)17-11-13-18(23)14-12-17/h2-15H,1H3,(H,24,27)(H,25,26)/t15-/m0/s1. The maximum atomic E-state index is 12.7. The lowest BCUT2D eigenvalue weighted by Crippen LogP contribution is -2.28. The molecule has 0 fully saturated rings. The summed E-state index contributed by atoms with van der Waals surface area (Å²) in [5, 5.41) is 5.82. The highest BCUT2D eigenvalue weighted by Gasteiger charge is 2.16. The summed E-state index contributed by atoms with van der Waals surface area (Å²) in [5.41, 5.74) is 2.48. The van der Waals surface area contributed by atoms with E-state index in [-0.39, 0.29) is 17.9 Å². The van der Waals surface area contributed by atoms with E-state index < -0.39 is 0 Å². The van der Waals surface area contributed by atoms with Gasteiger partial charge in [0, 0.05) is 9.13 Å². The summed E-state index contributed by atoms with van der Waals surface area (Å²) in [4.78, 5) is 25.2. The van der Waals surface area contributed by atoms with Crippen LogP contribution in [0.5, 0.6) is 0 Å². The number of hydrogen-bond donors (Lipinski definition) is 2. The van der Waals surface area contributed by atoms with Crippen LogP contribution < -0.4 is 10.6 Å². The maximum Gasteiger partial charge on any atom is 0.255 e. The van der Waals surface area contributed by atoms with Crippen molar-refractivity contribution in [1.82, 2.24) is 5.32 Å². The van der Waals surface area contributed by atoms with Gasteiger partial charge in [-0.25, -0.2) is 0 Å². The van der Waals surface area contributed by atoms with Gasteiger partial charge < -0.3 is 10.6 Å². The van der Waals surface area contributed by atoms with Crippen molar-refractivity contribution in [3.8, 4) is 0 Å². The van der Waals surface area contributed by atoms with Crippen molar-refractivity contribution in [3.63, 3.8) is 0 Å². The first-order valence-corrected chi connectivity index (χ1v) is 9.64. The maximum absolute atomic E-state index is 12.7. The van der Waals surface area contributed by atoms with Crippen LogP contribution in [0.15, 0.2) is 78.9 Å². The summed E-state index contributed by atoms with van der Waals surface area (Å²) >= 11 is 2.19. The Labute approximate surface area is 172 Å². The molecule has 0 saturated heterocycles.